The Bertz CT molecular complexity index is 575. The second kappa shape index (κ2) is 5.18. The topological polar surface area (TPSA) is 56.1 Å². The van der Waals surface area contributed by atoms with Crippen molar-refractivity contribution >= 4 is 17.0 Å². The number of aryl methyl sites for hydroxylation is 2. The van der Waals surface area contributed by atoms with Crippen LogP contribution in [0.1, 0.15) is 11.4 Å². The molecule has 0 spiro atoms. The normalized spacial score (nSPS) is 10.8. The Morgan fingerprint density at radius 1 is 1.50 bits per heavy atom. The molecule has 1 aromatic heterocycles. The van der Waals surface area contributed by atoms with E-state index in [2.05, 4.69) is 19.6 Å². The Morgan fingerprint density at radius 3 is 3.00 bits per heavy atom. The molecule has 0 amide bonds. The molecular formula is C13H17N3O2. The standard InChI is InChI=1S/C13H17N3O2/c1-9-15-11-6-10(4-5-12(11)16(9)2)7-14-8-13(17)18-3/h4-6,14H,7-8H2,1-3H3. The molecule has 18 heavy (non-hydrogen) atoms. The third kappa shape index (κ3) is 2.51. The third-order valence-corrected chi connectivity index (χ3v) is 2.99. The predicted octanol–water partition coefficient (Wildman–Crippen LogP) is 1.14. The lowest BCUT2D eigenvalue weighted by Crippen LogP contribution is -2.23. The van der Waals surface area contributed by atoms with Crippen molar-refractivity contribution in [3.8, 4) is 0 Å². The second-order valence-electron chi connectivity index (χ2n) is 4.22. The fourth-order valence-corrected chi connectivity index (χ4v) is 1.86. The van der Waals surface area contributed by atoms with E-state index in [1.807, 2.05) is 32.2 Å². The van der Waals surface area contributed by atoms with Gasteiger partial charge in [0.25, 0.3) is 0 Å². The van der Waals surface area contributed by atoms with Crippen LogP contribution in [-0.2, 0) is 23.1 Å². The lowest BCUT2D eigenvalue weighted by molar-refractivity contribution is -0.139. The molecule has 0 radical (unpaired) electrons. The fraction of sp³-hybridized carbons (Fsp3) is 0.385. The van der Waals surface area contributed by atoms with Crippen LogP contribution in [0.5, 0.6) is 0 Å². The maximum atomic E-state index is 11.0. The lowest BCUT2D eigenvalue weighted by atomic mass is 10.2. The number of hydrogen-bond donors (Lipinski definition) is 1. The first-order valence-electron chi connectivity index (χ1n) is 5.81. The number of esters is 1. The summed E-state index contributed by atoms with van der Waals surface area (Å²) in [6.07, 6.45) is 0. The first-order valence-corrected chi connectivity index (χ1v) is 5.81. The molecule has 0 aliphatic heterocycles. The Labute approximate surface area is 106 Å². The molecule has 0 unspecified atom stereocenters. The van der Waals surface area contributed by atoms with Gasteiger partial charge in [0.05, 0.1) is 24.7 Å². The van der Waals surface area contributed by atoms with Gasteiger partial charge in [-0.2, -0.15) is 0 Å². The molecule has 1 N–H and O–H groups in total. The summed E-state index contributed by atoms with van der Waals surface area (Å²) in [4.78, 5) is 15.4. The van der Waals surface area contributed by atoms with Gasteiger partial charge in [-0.25, -0.2) is 4.98 Å². The zero-order chi connectivity index (χ0) is 13.1. The smallest absolute Gasteiger partial charge is 0.319 e. The van der Waals surface area contributed by atoms with E-state index in [4.69, 9.17) is 0 Å². The summed E-state index contributed by atoms with van der Waals surface area (Å²) >= 11 is 0. The summed E-state index contributed by atoms with van der Waals surface area (Å²) < 4.78 is 6.62. The first-order chi connectivity index (χ1) is 8.61. The van der Waals surface area contributed by atoms with Crippen LogP contribution < -0.4 is 5.32 Å². The van der Waals surface area contributed by atoms with Gasteiger partial charge in [0.2, 0.25) is 0 Å². The number of methoxy groups -OCH3 is 1. The minimum absolute atomic E-state index is 0.218. The zero-order valence-electron chi connectivity index (χ0n) is 10.9. The van der Waals surface area contributed by atoms with Crippen LogP contribution in [0.25, 0.3) is 11.0 Å². The van der Waals surface area contributed by atoms with E-state index in [9.17, 15) is 4.79 Å². The monoisotopic (exact) mass is 247 g/mol. The van der Waals surface area contributed by atoms with E-state index in [0.29, 0.717) is 6.54 Å². The van der Waals surface area contributed by atoms with E-state index < -0.39 is 0 Å². The Hall–Kier alpha value is -1.88. The number of carbonyl (C=O) groups excluding carboxylic acids is 1. The molecule has 0 atom stereocenters. The number of nitrogens with zero attached hydrogens (tertiary/aromatic N) is 2. The van der Waals surface area contributed by atoms with Crippen LogP contribution in [0.15, 0.2) is 18.2 Å². The molecule has 96 valence electrons. The molecule has 0 bridgehead atoms. The number of carbonyl (C=O) groups is 1. The number of ether oxygens (including phenoxy) is 1. The van der Waals surface area contributed by atoms with Gasteiger partial charge in [-0.1, -0.05) is 6.07 Å². The van der Waals surface area contributed by atoms with E-state index in [1.165, 1.54) is 7.11 Å². The highest BCUT2D eigenvalue weighted by Gasteiger charge is 2.05. The molecule has 0 aliphatic rings. The van der Waals surface area contributed by atoms with Crippen LogP contribution in [0.4, 0.5) is 0 Å². The van der Waals surface area contributed by atoms with Crippen molar-refractivity contribution in [3.05, 3.63) is 29.6 Å². The van der Waals surface area contributed by atoms with Crippen LogP contribution >= 0.6 is 0 Å². The average Bonchev–Trinajstić information content (AvgIpc) is 2.64. The van der Waals surface area contributed by atoms with Crippen molar-refractivity contribution in [2.24, 2.45) is 7.05 Å². The van der Waals surface area contributed by atoms with E-state index >= 15 is 0 Å². The minimum Gasteiger partial charge on any atom is -0.468 e. The Morgan fingerprint density at radius 2 is 2.28 bits per heavy atom. The number of rotatable bonds is 4. The zero-order valence-corrected chi connectivity index (χ0v) is 10.9. The van der Waals surface area contributed by atoms with Crippen LogP contribution in [0, 0.1) is 6.92 Å². The second-order valence-corrected chi connectivity index (χ2v) is 4.22. The van der Waals surface area contributed by atoms with E-state index in [1.54, 1.807) is 0 Å². The molecule has 0 saturated heterocycles. The minimum atomic E-state index is -0.259. The third-order valence-electron chi connectivity index (χ3n) is 2.99. The van der Waals surface area contributed by atoms with Crippen molar-refractivity contribution < 1.29 is 9.53 Å². The van der Waals surface area contributed by atoms with Gasteiger partial charge in [0.15, 0.2) is 0 Å². The van der Waals surface area contributed by atoms with E-state index in [0.717, 1.165) is 22.4 Å². The summed E-state index contributed by atoms with van der Waals surface area (Å²) in [5.74, 6) is 0.731. The molecule has 1 aromatic carbocycles. The van der Waals surface area contributed by atoms with Crippen molar-refractivity contribution in [1.82, 2.24) is 14.9 Å². The molecule has 5 nitrogen and oxygen atoms in total. The molecule has 1 heterocycles. The van der Waals surface area contributed by atoms with E-state index in [-0.39, 0.29) is 12.5 Å². The summed E-state index contributed by atoms with van der Waals surface area (Å²) in [6.45, 7) is 2.83. The molecule has 2 rings (SSSR count). The Kier molecular flexibility index (Phi) is 3.62. The van der Waals surface area contributed by atoms with Crippen molar-refractivity contribution in [1.29, 1.82) is 0 Å². The van der Waals surface area contributed by atoms with Gasteiger partial charge in [-0.15, -0.1) is 0 Å². The Balaban J connectivity index is 2.08. The molecule has 5 heteroatoms. The van der Waals surface area contributed by atoms with Crippen molar-refractivity contribution in [2.75, 3.05) is 13.7 Å². The lowest BCUT2D eigenvalue weighted by Gasteiger charge is -2.04. The molecule has 0 fully saturated rings. The highest BCUT2D eigenvalue weighted by Crippen LogP contribution is 2.16. The largest absolute Gasteiger partial charge is 0.468 e. The molecule has 2 aromatic rings. The predicted molar refractivity (Wildman–Crippen MR) is 69.2 cm³/mol. The number of benzene rings is 1. The van der Waals surface area contributed by atoms with Gasteiger partial charge in [0.1, 0.15) is 5.82 Å². The summed E-state index contributed by atoms with van der Waals surface area (Å²) in [5.41, 5.74) is 3.20. The molecular weight excluding hydrogens is 230 g/mol. The van der Waals surface area contributed by atoms with Crippen molar-refractivity contribution in [3.63, 3.8) is 0 Å². The highest BCUT2D eigenvalue weighted by molar-refractivity contribution is 5.76. The van der Waals surface area contributed by atoms with Crippen LogP contribution in [-0.4, -0.2) is 29.2 Å². The number of imidazole rings is 1. The van der Waals surface area contributed by atoms with Gasteiger partial charge in [0, 0.05) is 13.6 Å². The van der Waals surface area contributed by atoms with Gasteiger partial charge in [-0.3, -0.25) is 4.79 Å². The fourth-order valence-electron chi connectivity index (χ4n) is 1.86. The van der Waals surface area contributed by atoms with Crippen molar-refractivity contribution in [2.45, 2.75) is 13.5 Å². The SMILES string of the molecule is COC(=O)CNCc1ccc2c(c1)nc(C)n2C. The number of hydrogen-bond acceptors (Lipinski definition) is 4. The molecule has 0 saturated carbocycles. The highest BCUT2D eigenvalue weighted by atomic mass is 16.5. The molecule has 0 aliphatic carbocycles. The van der Waals surface area contributed by atoms with Crippen LogP contribution in [0.3, 0.4) is 0 Å². The van der Waals surface area contributed by atoms with Gasteiger partial charge in [-0.05, 0) is 24.6 Å². The van der Waals surface area contributed by atoms with Crippen LogP contribution in [0.2, 0.25) is 0 Å². The van der Waals surface area contributed by atoms with Gasteiger partial charge >= 0.3 is 5.97 Å². The summed E-state index contributed by atoms with van der Waals surface area (Å²) in [7, 11) is 3.38. The number of nitrogens with one attached hydrogen (secondary N) is 1. The first kappa shape index (κ1) is 12.6. The summed E-state index contributed by atoms with van der Waals surface area (Å²) in [6, 6.07) is 6.12. The maximum Gasteiger partial charge on any atom is 0.319 e. The number of aromatic nitrogens is 2. The summed E-state index contributed by atoms with van der Waals surface area (Å²) in [5, 5.41) is 3.03. The maximum absolute atomic E-state index is 11.0. The quantitative estimate of drug-likeness (QED) is 0.823. The average molecular weight is 247 g/mol. The number of fused-ring (bicyclic) bond motifs is 1. The van der Waals surface area contributed by atoms with Gasteiger partial charge < -0.3 is 14.6 Å².